The highest BCUT2D eigenvalue weighted by atomic mass is 16.5. The molecule has 0 radical (unpaired) electrons. The number of hydrogen-bond donors (Lipinski definition) is 0. The fourth-order valence-corrected chi connectivity index (χ4v) is 1.70. The molecule has 1 aliphatic heterocycles. The number of piperazine rings is 1. The van der Waals surface area contributed by atoms with Crippen molar-refractivity contribution in [3.63, 3.8) is 0 Å². The molecule has 1 saturated heterocycles. The molecule has 1 rings (SSSR count). The summed E-state index contributed by atoms with van der Waals surface area (Å²) < 4.78 is 5.50. The first kappa shape index (κ1) is 12.5. The van der Waals surface area contributed by atoms with Gasteiger partial charge >= 0.3 is 0 Å². The zero-order chi connectivity index (χ0) is 11.3. The minimum absolute atomic E-state index is 0.188. The van der Waals surface area contributed by atoms with Crippen molar-refractivity contribution in [1.29, 1.82) is 0 Å². The van der Waals surface area contributed by atoms with Crippen LogP contribution in [0, 0.1) is 0 Å². The van der Waals surface area contributed by atoms with Crippen molar-refractivity contribution in [2.75, 3.05) is 39.3 Å². The number of hydrogen-bond acceptors (Lipinski definition) is 3. The minimum atomic E-state index is 0.188. The van der Waals surface area contributed by atoms with Crippen LogP contribution in [-0.4, -0.2) is 61.1 Å². The molecule has 1 fully saturated rings. The molecule has 0 atom stereocenters. The van der Waals surface area contributed by atoms with Gasteiger partial charge in [0.05, 0.1) is 12.7 Å². The van der Waals surface area contributed by atoms with Gasteiger partial charge < -0.3 is 9.64 Å². The molecule has 88 valence electrons. The normalized spacial score (nSPS) is 18.5. The second kappa shape index (κ2) is 6.08. The van der Waals surface area contributed by atoms with E-state index in [0.717, 1.165) is 39.3 Å². The highest BCUT2D eigenvalue weighted by Crippen LogP contribution is 2.01. The third-order valence-corrected chi connectivity index (χ3v) is 2.68. The lowest BCUT2D eigenvalue weighted by Crippen LogP contribution is -2.48. The number of ether oxygens (including phenoxy) is 1. The van der Waals surface area contributed by atoms with Crippen LogP contribution in [0.4, 0.5) is 0 Å². The largest absolute Gasteiger partial charge is 0.377 e. The Morgan fingerprint density at radius 3 is 2.33 bits per heavy atom. The van der Waals surface area contributed by atoms with E-state index in [1.54, 1.807) is 6.92 Å². The summed E-state index contributed by atoms with van der Waals surface area (Å²) in [6.45, 7) is 11.2. The second-order valence-electron chi connectivity index (χ2n) is 4.27. The van der Waals surface area contributed by atoms with Gasteiger partial charge in [0.1, 0.15) is 0 Å². The van der Waals surface area contributed by atoms with Gasteiger partial charge in [0.15, 0.2) is 0 Å². The summed E-state index contributed by atoms with van der Waals surface area (Å²) in [5, 5.41) is 0. The summed E-state index contributed by atoms with van der Waals surface area (Å²) in [6, 6.07) is 0. The van der Waals surface area contributed by atoms with Crippen molar-refractivity contribution >= 4 is 5.91 Å². The van der Waals surface area contributed by atoms with Crippen LogP contribution in [0.2, 0.25) is 0 Å². The van der Waals surface area contributed by atoms with Gasteiger partial charge in [-0.15, -0.1) is 0 Å². The quantitative estimate of drug-likeness (QED) is 0.686. The van der Waals surface area contributed by atoms with Crippen LogP contribution < -0.4 is 0 Å². The molecule has 0 aromatic rings. The molecule has 0 unspecified atom stereocenters. The van der Waals surface area contributed by atoms with Gasteiger partial charge in [0.2, 0.25) is 5.91 Å². The third kappa shape index (κ3) is 4.62. The number of amides is 1. The van der Waals surface area contributed by atoms with E-state index in [4.69, 9.17) is 4.74 Å². The fourth-order valence-electron chi connectivity index (χ4n) is 1.70. The molecule has 0 saturated carbocycles. The predicted molar refractivity (Wildman–Crippen MR) is 59.8 cm³/mol. The SMILES string of the molecule is CC(=O)N1CCN(CCOC(C)C)CC1. The average molecular weight is 214 g/mol. The Morgan fingerprint density at radius 1 is 1.27 bits per heavy atom. The molecule has 0 aliphatic carbocycles. The molecule has 0 spiro atoms. The van der Waals surface area contributed by atoms with Crippen molar-refractivity contribution in [1.82, 2.24) is 9.80 Å². The Labute approximate surface area is 92.2 Å². The van der Waals surface area contributed by atoms with Crippen LogP contribution >= 0.6 is 0 Å². The first-order chi connectivity index (χ1) is 7.09. The van der Waals surface area contributed by atoms with Crippen molar-refractivity contribution in [3.05, 3.63) is 0 Å². The lowest BCUT2D eigenvalue weighted by atomic mass is 10.3. The highest BCUT2D eigenvalue weighted by molar-refractivity contribution is 5.73. The van der Waals surface area contributed by atoms with E-state index in [0.29, 0.717) is 6.10 Å². The maximum atomic E-state index is 11.1. The maximum Gasteiger partial charge on any atom is 0.219 e. The van der Waals surface area contributed by atoms with Crippen LogP contribution in [0.15, 0.2) is 0 Å². The molecule has 15 heavy (non-hydrogen) atoms. The van der Waals surface area contributed by atoms with Gasteiger partial charge in [-0.25, -0.2) is 0 Å². The van der Waals surface area contributed by atoms with Crippen molar-refractivity contribution in [3.8, 4) is 0 Å². The summed E-state index contributed by atoms with van der Waals surface area (Å²) in [6.07, 6.45) is 0.309. The molecular formula is C11H22N2O2. The van der Waals surface area contributed by atoms with Gasteiger partial charge in [-0.1, -0.05) is 0 Å². The third-order valence-electron chi connectivity index (χ3n) is 2.68. The summed E-state index contributed by atoms with van der Waals surface area (Å²) in [5.74, 6) is 0.188. The van der Waals surface area contributed by atoms with E-state index >= 15 is 0 Å². The number of carbonyl (C=O) groups excluding carboxylic acids is 1. The van der Waals surface area contributed by atoms with Gasteiger partial charge in [-0.3, -0.25) is 9.69 Å². The van der Waals surface area contributed by atoms with E-state index in [1.165, 1.54) is 0 Å². The zero-order valence-electron chi connectivity index (χ0n) is 10.0. The van der Waals surface area contributed by atoms with Crippen LogP contribution in [0.3, 0.4) is 0 Å². The number of carbonyl (C=O) groups is 1. The summed E-state index contributed by atoms with van der Waals surface area (Å²) in [7, 11) is 0. The van der Waals surface area contributed by atoms with Crippen molar-refractivity contribution in [2.24, 2.45) is 0 Å². The van der Waals surface area contributed by atoms with Crippen LogP contribution in [0.5, 0.6) is 0 Å². The van der Waals surface area contributed by atoms with Crippen LogP contribution in [0.1, 0.15) is 20.8 Å². The second-order valence-corrected chi connectivity index (χ2v) is 4.27. The van der Waals surface area contributed by atoms with Crippen molar-refractivity contribution < 1.29 is 9.53 Å². The Bertz CT molecular complexity index is 199. The summed E-state index contributed by atoms with van der Waals surface area (Å²) in [4.78, 5) is 15.3. The van der Waals surface area contributed by atoms with Gasteiger partial charge in [0, 0.05) is 39.6 Å². The Balaban J connectivity index is 2.12. The van der Waals surface area contributed by atoms with E-state index in [9.17, 15) is 4.79 Å². The van der Waals surface area contributed by atoms with Gasteiger partial charge in [0.25, 0.3) is 0 Å². The van der Waals surface area contributed by atoms with Crippen LogP contribution in [0.25, 0.3) is 0 Å². The van der Waals surface area contributed by atoms with Gasteiger partial charge in [-0.2, -0.15) is 0 Å². The molecule has 4 nitrogen and oxygen atoms in total. The molecule has 0 N–H and O–H groups in total. The first-order valence-electron chi connectivity index (χ1n) is 5.69. The maximum absolute atomic E-state index is 11.1. The Kier molecular flexibility index (Phi) is 5.05. The standard InChI is InChI=1S/C11H22N2O2/c1-10(2)15-9-8-12-4-6-13(7-5-12)11(3)14/h10H,4-9H2,1-3H3. The highest BCUT2D eigenvalue weighted by Gasteiger charge is 2.17. The van der Waals surface area contributed by atoms with Crippen LogP contribution in [-0.2, 0) is 9.53 Å². The number of rotatable bonds is 4. The fraction of sp³-hybridized carbons (Fsp3) is 0.909. The molecule has 1 amide bonds. The summed E-state index contributed by atoms with van der Waals surface area (Å²) >= 11 is 0. The van der Waals surface area contributed by atoms with E-state index in [2.05, 4.69) is 4.90 Å². The Hall–Kier alpha value is -0.610. The minimum Gasteiger partial charge on any atom is -0.377 e. The molecule has 0 aromatic carbocycles. The predicted octanol–water partition coefficient (Wildman–Crippen LogP) is 0.575. The topological polar surface area (TPSA) is 32.8 Å². The van der Waals surface area contributed by atoms with Crippen molar-refractivity contribution in [2.45, 2.75) is 26.9 Å². The van der Waals surface area contributed by atoms with E-state index in [-0.39, 0.29) is 5.91 Å². The molecule has 0 aromatic heterocycles. The lowest BCUT2D eigenvalue weighted by molar-refractivity contribution is -0.130. The molecular weight excluding hydrogens is 192 g/mol. The Morgan fingerprint density at radius 2 is 1.87 bits per heavy atom. The molecule has 4 heteroatoms. The lowest BCUT2D eigenvalue weighted by Gasteiger charge is -2.34. The molecule has 1 aliphatic rings. The molecule has 0 bridgehead atoms. The van der Waals surface area contributed by atoms with E-state index in [1.807, 2.05) is 18.7 Å². The average Bonchev–Trinajstić information content (AvgIpc) is 2.18. The first-order valence-corrected chi connectivity index (χ1v) is 5.69. The number of nitrogens with zero attached hydrogens (tertiary/aromatic N) is 2. The van der Waals surface area contributed by atoms with E-state index < -0.39 is 0 Å². The molecule has 1 heterocycles. The zero-order valence-corrected chi connectivity index (χ0v) is 10.0. The monoisotopic (exact) mass is 214 g/mol. The summed E-state index contributed by atoms with van der Waals surface area (Å²) in [5.41, 5.74) is 0. The van der Waals surface area contributed by atoms with Gasteiger partial charge in [-0.05, 0) is 13.8 Å². The smallest absolute Gasteiger partial charge is 0.219 e.